The highest BCUT2D eigenvalue weighted by Crippen LogP contribution is 2.32. The molecule has 2 aliphatic heterocycles. The van der Waals surface area contributed by atoms with E-state index in [0.717, 1.165) is 62.3 Å². The second-order valence-corrected chi connectivity index (χ2v) is 8.61. The van der Waals surface area contributed by atoms with Crippen molar-refractivity contribution in [2.75, 3.05) is 26.8 Å². The van der Waals surface area contributed by atoms with Crippen molar-refractivity contribution in [1.82, 2.24) is 10.2 Å². The first-order valence-electron chi connectivity index (χ1n) is 11.6. The van der Waals surface area contributed by atoms with Crippen LogP contribution in [0.2, 0.25) is 0 Å². The molecule has 0 aromatic heterocycles. The van der Waals surface area contributed by atoms with Crippen molar-refractivity contribution in [3.8, 4) is 11.5 Å². The van der Waals surface area contributed by atoms with Gasteiger partial charge in [-0.05, 0) is 66.3 Å². The molecule has 0 aliphatic carbocycles. The average Bonchev–Trinajstić information content (AvgIpc) is 3.28. The summed E-state index contributed by atoms with van der Waals surface area (Å²) < 4.78 is 11.2. The van der Waals surface area contributed by atoms with E-state index in [4.69, 9.17) is 9.47 Å². The first-order chi connectivity index (χ1) is 15.1. The molecule has 0 radical (unpaired) electrons. The van der Waals surface area contributed by atoms with Crippen LogP contribution in [0.1, 0.15) is 59.3 Å². The molecule has 2 heterocycles. The number of carbonyl (C=O) groups excluding carboxylic acids is 1. The van der Waals surface area contributed by atoms with E-state index in [1.54, 1.807) is 7.11 Å². The van der Waals surface area contributed by atoms with Gasteiger partial charge in [0.25, 0.3) is 5.91 Å². The molecule has 1 atom stereocenters. The molecule has 1 amide bonds. The van der Waals surface area contributed by atoms with Crippen LogP contribution in [0.15, 0.2) is 30.3 Å². The Bertz CT molecular complexity index is 940. The summed E-state index contributed by atoms with van der Waals surface area (Å²) in [6.07, 6.45) is 5.06. The van der Waals surface area contributed by atoms with Gasteiger partial charge in [0.05, 0.1) is 19.3 Å². The highest BCUT2D eigenvalue weighted by molar-refractivity contribution is 5.97. The van der Waals surface area contributed by atoms with Gasteiger partial charge in [0.2, 0.25) is 0 Å². The summed E-state index contributed by atoms with van der Waals surface area (Å²) in [5.74, 6) is 1.66. The normalized spacial score (nSPS) is 17.6. The van der Waals surface area contributed by atoms with Crippen LogP contribution in [0.3, 0.4) is 0 Å². The smallest absolute Gasteiger partial charge is 0.255 e. The number of fused-ring (bicyclic) bond motifs is 2. The van der Waals surface area contributed by atoms with Crippen molar-refractivity contribution in [2.24, 2.45) is 0 Å². The summed E-state index contributed by atoms with van der Waals surface area (Å²) in [6, 6.07) is 10.8. The number of rotatable bonds is 8. The lowest BCUT2D eigenvalue weighted by atomic mass is 9.93. The van der Waals surface area contributed by atoms with Gasteiger partial charge < -0.3 is 14.8 Å². The number of unbranched alkanes of at least 4 members (excludes halogenated alkanes) is 1. The Morgan fingerprint density at radius 2 is 2.06 bits per heavy atom. The van der Waals surface area contributed by atoms with Crippen molar-refractivity contribution in [3.63, 3.8) is 0 Å². The highest BCUT2D eigenvalue weighted by atomic mass is 16.5. The third-order valence-corrected chi connectivity index (χ3v) is 6.55. The van der Waals surface area contributed by atoms with Gasteiger partial charge in [-0.3, -0.25) is 9.69 Å². The lowest BCUT2D eigenvalue weighted by Gasteiger charge is -2.37. The number of nitrogens with one attached hydrogen (secondary N) is 1. The van der Waals surface area contributed by atoms with Crippen LogP contribution in [0.5, 0.6) is 11.5 Å². The summed E-state index contributed by atoms with van der Waals surface area (Å²) in [6.45, 7) is 7.59. The molecule has 0 spiro atoms. The molecule has 4 rings (SSSR count). The molecule has 2 aliphatic rings. The number of ether oxygens (including phenoxy) is 2. The molecule has 166 valence electrons. The standard InChI is InChI=1S/C26H34N2O3/c1-4-6-10-28-17-21-15-23(30-3)8-7-19(21)14-22(28)16-27-26(29)24-13-18(5-2)12-20-9-11-31-25(20)24/h7-8,12-13,15,22H,4-6,9-11,14,16-17H2,1-3H3,(H,27,29)/t22-/m0/s1. The topological polar surface area (TPSA) is 50.8 Å². The predicted octanol–water partition coefficient (Wildman–Crippen LogP) is 4.15. The molecule has 0 unspecified atom stereocenters. The minimum atomic E-state index is -0.0237. The molecule has 31 heavy (non-hydrogen) atoms. The molecule has 0 fully saturated rings. The number of methoxy groups -OCH3 is 1. The van der Waals surface area contributed by atoms with E-state index in [1.165, 1.54) is 16.7 Å². The van der Waals surface area contributed by atoms with Crippen molar-refractivity contribution in [1.29, 1.82) is 0 Å². The van der Waals surface area contributed by atoms with E-state index in [0.29, 0.717) is 24.8 Å². The van der Waals surface area contributed by atoms with Crippen LogP contribution in [0, 0.1) is 0 Å². The van der Waals surface area contributed by atoms with Gasteiger partial charge in [0, 0.05) is 25.6 Å². The Labute approximate surface area is 185 Å². The Balaban J connectivity index is 1.49. The molecule has 0 bridgehead atoms. The Morgan fingerprint density at radius 1 is 1.19 bits per heavy atom. The minimum absolute atomic E-state index is 0.0237. The lowest BCUT2D eigenvalue weighted by molar-refractivity contribution is 0.0921. The molecule has 1 N–H and O–H groups in total. The summed E-state index contributed by atoms with van der Waals surface area (Å²) in [4.78, 5) is 15.6. The third kappa shape index (κ3) is 4.72. The number of carbonyl (C=O) groups is 1. The molecular formula is C26H34N2O3. The van der Waals surface area contributed by atoms with Crippen LogP contribution >= 0.6 is 0 Å². The average molecular weight is 423 g/mol. The maximum absolute atomic E-state index is 13.1. The maximum atomic E-state index is 13.1. The first-order valence-corrected chi connectivity index (χ1v) is 11.6. The van der Waals surface area contributed by atoms with Gasteiger partial charge in [-0.2, -0.15) is 0 Å². The zero-order valence-electron chi connectivity index (χ0n) is 19.0. The van der Waals surface area contributed by atoms with Crippen LogP contribution < -0.4 is 14.8 Å². The van der Waals surface area contributed by atoms with E-state index in [9.17, 15) is 4.79 Å². The van der Waals surface area contributed by atoms with Crippen molar-refractivity contribution < 1.29 is 14.3 Å². The third-order valence-electron chi connectivity index (χ3n) is 6.55. The van der Waals surface area contributed by atoms with E-state index in [2.05, 4.69) is 42.3 Å². The summed E-state index contributed by atoms with van der Waals surface area (Å²) in [5.41, 5.74) is 5.73. The van der Waals surface area contributed by atoms with Gasteiger partial charge in [0.15, 0.2) is 0 Å². The highest BCUT2D eigenvalue weighted by Gasteiger charge is 2.28. The fraction of sp³-hybridized carbons (Fsp3) is 0.500. The first kappa shape index (κ1) is 21.7. The van der Waals surface area contributed by atoms with Gasteiger partial charge >= 0.3 is 0 Å². The van der Waals surface area contributed by atoms with Crippen LogP contribution in [-0.2, 0) is 25.8 Å². The van der Waals surface area contributed by atoms with Crippen LogP contribution in [-0.4, -0.2) is 43.7 Å². The van der Waals surface area contributed by atoms with E-state index in [-0.39, 0.29) is 5.91 Å². The molecule has 0 saturated carbocycles. The summed E-state index contributed by atoms with van der Waals surface area (Å²) in [7, 11) is 1.71. The number of hydrogen-bond acceptors (Lipinski definition) is 4. The van der Waals surface area contributed by atoms with Crippen molar-refractivity contribution in [3.05, 3.63) is 58.1 Å². The molecule has 0 saturated heterocycles. The lowest BCUT2D eigenvalue weighted by Crippen LogP contribution is -2.47. The van der Waals surface area contributed by atoms with Crippen LogP contribution in [0.4, 0.5) is 0 Å². The summed E-state index contributed by atoms with van der Waals surface area (Å²) in [5, 5.41) is 3.22. The molecule has 2 aromatic carbocycles. The largest absolute Gasteiger partial charge is 0.497 e. The van der Waals surface area contributed by atoms with E-state index >= 15 is 0 Å². The number of nitrogens with zero attached hydrogens (tertiary/aromatic N) is 1. The van der Waals surface area contributed by atoms with E-state index < -0.39 is 0 Å². The SMILES string of the molecule is CCCCN1Cc2cc(OC)ccc2C[C@H]1CNC(=O)c1cc(CC)cc2c1OCC2. The maximum Gasteiger partial charge on any atom is 0.255 e. The molecule has 2 aromatic rings. The van der Waals surface area contributed by atoms with E-state index in [1.807, 2.05) is 12.1 Å². The van der Waals surface area contributed by atoms with Gasteiger partial charge in [0.1, 0.15) is 11.5 Å². The molecule has 5 nitrogen and oxygen atoms in total. The zero-order chi connectivity index (χ0) is 21.8. The summed E-state index contributed by atoms with van der Waals surface area (Å²) >= 11 is 0. The fourth-order valence-corrected chi connectivity index (χ4v) is 4.68. The number of aryl methyl sites for hydroxylation is 1. The second-order valence-electron chi connectivity index (χ2n) is 8.61. The fourth-order valence-electron chi connectivity index (χ4n) is 4.68. The Kier molecular flexibility index (Phi) is 6.81. The van der Waals surface area contributed by atoms with Crippen molar-refractivity contribution >= 4 is 5.91 Å². The number of hydrogen-bond donors (Lipinski definition) is 1. The van der Waals surface area contributed by atoms with Gasteiger partial charge in [-0.25, -0.2) is 0 Å². The Hall–Kier alpha value is -2.53. The Morgan fingerprint density at radius 3 is 2.84 bits per heavy atom. The quantitative estimate of drug-likeness (QED) is 0.694. The van der Waals surface area contributed by atoms with Crippen molar-refractivity contribution in [2.45, 2.75) is 58.5 Å². The number of amides is 1. The van der Waals surface area contributed by atoms with Gasteiger partial charge in [-0.1, -0.05) is 32.4 Å². The van der Waals surface area contributed by atoms with Gasteiger partial charge in [-0.15, -0.1) is 0 Å². The second kappa shape index (κ2) is 9.73. The predicted molar refractivity (Wildman–Crippen MR) is 123 cm³/mol. The number of benzene rings is 2. The van der Waals surface area contributed by atoms with Crippen LogP contribution in [0.25, 0.3) is 0 Å². The minimum Gasteiger partial charge on any atom is -0.497 e. The zero-order valence-corrected chi connectivity index (χ0v) is 19.0. The monoisotopic (exact) mass is 422 g/mol. The molecular weight excluding hydrogens is 388 g/mol. The molecule has 5 heteroatoms.